The number of nitrogens with one attached hydrogen (secondary N) is 2. The van der Waals surface area contributed by atoms with E-state index < -0.39 is 26.6 Å². The molecule has 2 aromatic carbocycles. The average Bonchev–Trinajstić information content (AvgIpc) is 3.27. The van der Waals surface area contributed by atoms with Gasteiger partial charge in [0.25, 0.3) is 10.0 Å². The molecule has 0 aliphatic rings. The first kappa shape index (κ1) is 26.1. The van der Waals surface area contributed by atoms with Gasteiger partial charge in [-0.3, -0.25) is 9.62 Å². The van der Waals surface area contributed by atoms with Crippen LogP contribution in [0.3, 0.4) is 0 Å². The van der Waals surface area contributed by atoms with E-state index >= 15 is 0 Å². The van der Waals surface area contributed by atoms with Gasteiger partial charge >= 0.3 is 0 Å². The fourth-order valence-corrected chi connectivity index (χ4v) is 5.08. The Labute approximate surface area is 206 Å². The molecule has 2 N–H and O–H groups in total. The zero-order valence-corrected chi connectivity index (χ0v) is 21.4. The maximum Gasteiger partial charge on any atom is 0.266 e. The van der Waals surface area contributed by atoms with Gasteiger partial charge in [-0.05, 0) is 45.2 Å². The molecule has 0 atom stereocenters. The van der Waals surface area contributed by atoms with Gasteiger partial charge in [-0.15, -0.1) is 11.3 Å². The number of rotatable bonds is 10. The fourth-order valence-electron chi connectivity index (χ4n) is 3.14. The molecule has 1 heterocycles. The second-order valence-electron chi connectivity index (χ2n) is 7.81. The largest absolute Gasteiger partial charge is 0.496 e. The van der Waals surface area contributed by atoms with E-state index in [1.54, 1.807) is 6.07 Å². The third-order valence-corrected chi connectivity index (χ3v) is 7.55. The van der Waals surface area contributed by atoms with E-state index in [9.17, 15) is 17.2 Å². The van der Waals surface area contributed by atoms with Crippen molar-refractivity contribution < 1.29 is 21.9 Å². The molecule has 0 saturated heterocycles. The normalized spacial score (nSPS) is 11.8. The smallest absolute Gasteiger partial charge is 0.266 e. The van der Waals surface area contributed by atoms with Crippen molar-refractivity contribution in [3.8, 4) is 5.75 Å². The molecule has 34 heavy (non-hydrogen) atoms. The number of thiazole rings is 1. The third kappa shape index (κ3) is 5.96. The Balaban J connectivity index is 1.88. The van der Waals surface area contributed by atoms with Crippen LogP contribution in [0.15, 0.2) is 40.1 Å². The first-order valence-corrected chi connectivity index (χ1v) is 13.0. The summed E-state index contributed by atoms with van der Waals surface area (Å²) in [5, 5.41) is 4.36. The molecule has 0 saturated carbocycles. The number of nitrogens with zero attached hydrogens (tertiary/aromatic N) is 2. The van der Waals surface area contributed by atoms with Gasteiger partial charge in [-0.2, -0.15) is 0 Å². The summed E-state index contributed by atoms with van der Waals surface area (Å²) in [4.78, 5) is 5.24. The van der Waals surface area contributed by atoms with E-state index in [2.05, 4.69) is 15.0 Å². The minimum Gasteiger partial charge on any atom is -0.496 e. The molecular formula is C22H25ClF2N4O3S2. The van der Waals surface area contributed by atoms with Crippen LogP contribution in [0.1, 0.15) is 25.0 Å². The molecule has 0 spiro atoms. The Morgan fingerprint density at radius 3 is 2.56 bits per heavy atom. The predicted molar refractivity (Wildman–Crippen MR) is 131 cm³/mol. The number of hydrogen-bond acceptors (Lipinski definition) is 7. The summed E-state index contributed by atoms with van der Waals surface area (Å²) in [5.74, 6) is -0.864. The van der Waals surface area contributed by atoms with Gasteiger partial charge in [-0.25, -0.2) is 22.2 Å². The number of sulfonamides is 1. The Bertz CT molecular complexity index is 1260. The van der Waals surface area contributed by atoms with Crippen LogP contribution < -0.4 is 14.8 Å². The first-order valence-electron chi connectivity index (χ1n) is 10.2. The summed E-state index contributed by atoms with van der Waals surface area (Å²) >= 11 is 7.45. The molecule has 1 aromatic heterocycles. The minimum atomic E-state index is -4.24. The van der Waals surface area contributed by atoms with Crippen molar-refractivity contribution in [2.45, 2.75) is 37.9 Å². The lowest BCUT2D eigenvalue weighted by atomic mass is 10.0. The molecule has 0 unspecified atom stereocenters. The molecule has 0 radical (unpaired) electrons. The van der Waals surface area contributed by atoms with Crippen molar-refractivity contribution in [2.75, 3.05) is 24.2 Å². The summed E-state index contributed by atoms with van der Waals surface area (Å²) in [6.45, 7) is 4.44. The van der Waals surface area contributed by atoms with Gasteiger partial charge in [0, 0.05) is 35.6 Å². The van der Waals surface area contributed by atoms with Crippen LogP contribution in [0, 0.1) is 11.6 Å². The molecule has 7 nitrogen and oxygen atoms in total. The summed E-state index contributed by atoms with van der Waals surface area (Å²) < 4.78 is 62.3. The van der Waals surface area contributed by atoms with E-state index in [0.29, 0.717) is 23.4 Å². The molecule has 3 rings (SSSR count). The highest BCUT2D eigenvalue weighted by atomic mass is 35.5. The lowest BCUT2D eigenvalue weighted by Gasteiger charge is -2.24. The summed E-state index contributed by atoms with van der Waals surface area (Å²) in [6, 6.07) is 5.05. The topological polar surface area (TPSA) is 83.6 Å². The number of halogens is 3. The second kappa shape index (κ2) is 10.9. The van der Waals surface area contributed by atoms with Gasteiger partial charge in [0.15, 0.2) is 5.82 Å². The highest BCUT2D eigenvalue weighted by molar-refractivity contribution is 7.92. The fraction of sp³-hybridized carbons (Fsp3) is 0.318. The van der Waals surface area contributed by atoms with E-state index in [1.165, 1.54) is 35.4 Å². The summed E-state index contributed by atoms with van der Waals surface area (Å²) in [7, 11) is -0.817. The Kier molecular flexibility index (Phi) is 8.34. The Hall–Kier alpha value is -2.47. The Morgan fingerprint density at radius 1 is 1.21 bits per heavy atom. The molecule has 0 bridgehead atoms. The predicted octanol–water partition coefficient (Wildman–Crippen LogP) is 5.34. The molecule has 12 heteroatoms. The van der Waals surface area contributed by atoms with Crippen LogP contribution in [-0.2, 0) is 23.1 Å². The van der Waals surface area contributed by atoms with Crippen molar-refractivity contribution >= 4 is 44.5 Å². The Morgan fingerprint density at radius 2 is 1.94 bits per heavy atom. The minimum absolute atomic E-state index is 0.0212. The maximum absolute atomic E-state index is 14.8. The lowest BCUT2D eigenvalue weighted by Crippen LogP contribution is -2.27. The summed E-state index contributed by atoms with van der Waals surface area (Å²) in [5.41, 5.74) is 2.55. The van der Waals surface area contributed by atoms with E-state index in [1.807, 2.05) is 25.8 Å². The number of aromatic nitrogens is 1. The van der Waals surface area contributed by atoms with E-state index in [4.69, 9.17) is 16.3 Å². The highest BCUT2D eigenvalue weighted by Gasteiger charge is 2.23. The van der Waals surface area contributed by atoms with E-state index in [0.717, 1.165) is 12.1 Å². The standard InChI is InChI=1S/C22H25ClF2N4O3S2/c1-13(2)29(3)10-15-14(17(24)5-6-20(15)32-4)9-26-19-8-18(25)21(7-16(19)23)34(30,31)28-22-11-33-12-27-22/h5-8,11-13,26,28H,9-10H2,1-4H3. The third-order valence-electron chi connectivity index (χ3n) is 5.28. The van der Waals surface area contributed by atoms with Gasteiger partial charge in [0.05, 0.1) is 23.3 Å². The van der Waals surface area contributed by atoms with Crippen LogP contribution in [0.25, 0.3) is 0 Å². The first-order chi connectivity index (χ1) is 16.0. The molecule has 3 aromatic rings. The summed E-state index contributed by atoms with van der Waals surface area (Å²) in [6.07, 6.45) is 0. The number of methoxy groups -OCH3 is 1. The monoisotopic (exact) mass is 530 g/mol. The van der Waals surface area contributed by atoms with Crippen LogP contribution in [0.2, 0.25) is 5.02 Å². The molecular weight excluding hydrogens is 506 g/mol. The number of ether oxygens (including phenoxy) is 1. The highest BCUT2D eigenvalue weighted by Crippen LogP contribution is 2.32. The van der Waals surface area contributed by atoms with Gasteiger partial charge < -0.3 is 10.1 Å². The van der Waals surface area contributed by atoms with Crippen molar-refractivity contribution in [1.29, 1.82) is 0 Å². The van der Waals surface area contributed by atoms with Crippen molar-refractivity contribution in [3.63, 3.8) is 0 Å². The average molecular weight is 531 g/mol. The van der Waals surface area contributed by atoms with Gasteiger partial charge in [0.1, 0.15) is 22.3 Å². The van der Waals surface area contributed by atoms with Crippen LogP contribution in [-0.4, -0.2) is 38.5 Å². The van der Waals surface area contributed by atoms with Gasteiger partial charge in [-0.1, -0.05) is 11.6 Å². The van der Waals surface area contributed by atoms with E-state index in [-0.39, 0.29) is 29.1 Å². The number of hydrogen-bond donors (Lipinski definition) is 2. The molecule has 0 aliphatic carbocycles. The number of benzene rings is 2. The molecule has 0 aliphatic heterocycles. The molecule has 0 amide bonds. The van der Waals surface area contributed by atoms with Crippen molar-refractivity contribution in [1.82, 2.24) is 9.88 Å². The van der Waals surface area contributed by atoms with Gasteiger partial charge in [0.2, 0.25) is 0 Å². The molecule has 184 valence electrons. The van der Waals surface area contributed by atoms with Crippen LogP contribution >= 0.6 is 22.9 Å². The zero-order chi connectivity index (χ0) is 25.0. The lowest BCUT2D eigenvalue weighted by molar-refractivity contribution is 0.259. The zero-order valence-electron chi connectivity index (χ0n) is 19.0. The maximum atomic E-state index is 14.8. The quantitative estimate of drug-likeness (QED) is 0.368. The number of anilines is 2. The molecule has 0 fully saturated rings. The van der Waals surface area contributed by atoms with Crippen LogP contribution in [0.4, 0.5) is 20.3 Å². The van der Waals surface area contributed by atoms with Crippen LogP contribution in [0.5, 0.6) is 5.75 Å². The second-order valence-corrected chi connectivity index (χ2v) is 10.6. The van der Waals surface area contributed by atoms with Crippen molar-refractivity contribution in [3.05, 3.63) is 62.9 Å². The SMILES string of the molecule is COc1ccc(F)c(CNc2cc(F)c(S(=O)(=O)Nc3cscn3)cc2Cl)c1CN(C)C(C)C. The van der Waals surface area contributed by atoms with Crippen molar-refractivity contribution in [2.24, 2.45) is 0 Å².